The summed E-state index contributed by atoms with van der Waals surface area (Å²) >= 11 is 0. The van der Waals surface area contributed by atoms with Crippen LogP contribution >= 0.6 is 0 Å². The van der Waals surface area contributed by atoms with Crippen LogP contribution in [0.15, 0.2) is 0 Å². The molecule has 10 heavy (non-hydrogen) atoms. The average molecular weight is 164 g/mol. The minimum Gasteiger partial charge on any atom is -0.315 e. The molecule has 0 unspecified atom stereocenters. The van der Waals surface area contributed by atoms with Gasteiger partial charge in [0.15, 0.2) is 0 Å². The Balaban J connectivity index is 2.46. The Hall–Kier alpha value is -0.130. The van der Waals surface area contributed by atoms with Gasteiger partial charge in [0, 0.05) is 13.1 Å². The Morgan fingerprint density at radius 3 is 2.70 bits per heavy atom. The molecular weight excluding hydrogens is 152 g/mol. The van der Waals surface area contributed by atoms with E-state index in [1.165, 1.54) is 0 Å². The van der Waals surface area contributed by atoms with Gasteiger partial charge in [-0.25, -0.2) is 13.1 Å². The molecule has 0 aromatic heterocycles. The fraction of sp³-hybridized carbons (Fsp3) is 1.00. The maximum absolute atomic E-state index is 10.9. The quantitative estimate of drug-likeness (QED) is 0.478. The number of rotatable bonds is 0. The Bertz CT molecular complexity index is 174. The molecule has 1 saturated heterocycles. The van der Waals surface area contributed by atoms with E-state index in [1.54, 1.807) is 0 Å². The standard InChI is InChI=1S/C5H12N2O2S/c8-10(9)5-1-2-6-3-4-7-10/h6-7H,1-5H2. The lowest BCUT2D eigenvalue weighted by atomic mass is 10.5. The summed E-state index contributed by atoms with van der Waals surface area (Å²) in [7, 11) is -2.93. The molecular formula is C5H12N2O2S. The van der Waals surface area contributed by atoms with Crippen molar-refractivity contribution in [3.63, 3.8) is 0 Å². The van der Waals surface area contributed by atoms with Crippen molar-refractivity contribution in [1.29, 1.82) is 0 Å². The lowest BCUT2D eigenvalue weighted by molar-refractivity contribution is 0.559. The second-order valence-corrected chi connectivity index (χ2v) is 4.24. The normalized spacial score (nSPS) is 26.8. The minimum absolute atomic E-state index is 0.250. The van der Waals surface area contributed by atoms with E-state index in [4.69, 9.17) is 0 Å². The van der Waals surface area contributed by atoms with Crippen LogP contribution in [0.4, 0.5) is 0 Å². The first-order valence-electron chi connectivity index (χ1n) is 3.39. The SMILES string of the molecule is O=S1(=O)CCCNCCN1. The summed E-state index contributed by atoms with van der Waals surface area (Å²) < 4.78 is 24.2. The van der Waals surface area contributed by atoms with Crippen LogP contribution in [0, 0.1) is 0 Å². The fourth-order valence-electron chi connectivity index (χ4n) is 0.879. The van der Waals surface area contributed by atoms with Crippen LogP contribution in [-0.4, -0.2) is 33.8 Å². The highest BCUT2D eigenvalue weighted by Gasteiger charge is 2.10. The maximum Gasteiger partial charge on any atom is 0.211 e. The molecule has 1 aliphatic heterocycles. The molecule has 0 saturated carbocycles. The molecule has 1 rings (SSSR count). The number of sulfonamides is 1. The van der Waals surface area contributed by atoms with Crippen molar-refractivity contribution < 1.29 is 8.42 Å². The van der Waals surface area contributed by atoms with Gasteiger partial charge >= 0.3 is 0 Å². The van der Waals surface area contributed by atoms with Gasteiger partial charge in [-0.05, 0) is 13.0 Å². The zero-order chi connectivity index (χ0) is 7.45. The lowest BCUT2D eigenvalue weighted by Crippen LogP contribution is -2.37. The Kier molecular flexibility index (Phi) is 2.64. The monoisotopic (exact) mass is 164 g/mol. The van der Waals surface area contributed by atoms with Crippen molar-refractivity contribution in [2.45, 2.75) is 6.42 Å². The molecule has 1 fully saturated rings. The molecule has 1 heterocycles. The highest BCUT2D eigenvalue weighted by molar-refractivity contribution is 7.89. The highest BCUT2D eigenvalue weighted by Crippen LogP contribution is 1.89. The molecule has 0 amide bonds. The van der Waals surface area contributed by atoms with Gasteiger partial charge in [-0.2, -0.15) is 0 Å². The molecule has 0 spiro atoms. The van der Waals surface area contributed by atoms with Crippen molar-refractivity contribution in [3.05, 3.63) is 0 Å². The summed E-state index contributed by atoms with van der Waals surface area (Å²) in [5.74, 6) is 0.250. The Morgan fingerprint density at radius 2 is 1.90 bits per heavy atom. The summed E-state index contributed by atoms with van der Waals surface area (Å²) in [6.45, 7) is 2.06. The molecule has 2 N–H and O–H groups in total. The molecule has 0 aliphatic carbocycles. The maximum atomic E-state index is 10.9. The molecule has 5 heteroatoms. The van der Waals surface area contributed by atoms with Crippen molar-refractivity contribution in [2.75, 3.05) is 25.4 Å². The van der Waals surface area contributed by atoms with E-state index in [0.29, 0.717) is 13.0 Å². The second-order valence-electron chi connectivity index (χ2n) is 2.32. The van der Waals surface area contributed by atoms with E-state index >= 15 is 0 Å². The zero-order valence-corrected chi connectivity index (χ0v) is 6.58. The Labute approximate surface area is 61.1 Å². The minimum atomic E-state index is -2.93. The van der Waals surface area contributed by atoms with E-state index in [0.717, 1.165) is 13.1 Å². The van der Waals surface area contributed by atoms with E-state index in [1.807, 2.05) is 0 Å². The first-order valence-corrected chi connectivity index (χ1v) is 5.04. The topological polar surface area (TPSA) is 58.2 Å². The van der Waals surface area contributed by atoms with Crippen LogP contribution in [0.25, 0.3) is 0 Å². The van der Waals surface area contributed by atoms with Gasteiger partial charge < -0.3 is 5.32 Å². The van der Waals surface area contributed by atoms with Crippen molar-refractivity contribution >= 4 is 10.0 Å². The smallest absolute Gasteiger partial charge is 0.211 e. The van der Waals surface area contributed by atoms with Crippen LogP contribution in [0.1, 0.15) is 6.42 Å². The number of hydrogen-bond donors (Lipinski definition) is 2. The third kappa shape index (κ3) is 2.64. The van der Waals surface area contributed by atoms with Crippen LogP contribution in [-0.2, 0) is 10.0 Å². The van der Waals surface area contributed by atoms with Gasteiger partial charge in [-0.1, -0.05) is 0 Å². The van der Waals surface area contributed by atoms with E-state index in [-0.39, 0.29) is 5.75 Å². The van der Waals surface area contributed by atoms with Crippen LogP contribution in [0.2, 0.25) is 0 Å². The van der Waals surface area contributed by atoms with Gasteiger partial charge in [0.2, 0.25) is 10.0 Å². The highest BCUT2D eigenvalue weighted by atomic mass is 32.2. The first kappa shape index (κ1) is 7.97. The molecule has 0 aromatic carbocycles. The van der Waals surface area contributed by atoms with E-state index < -0.39 is 10.0 Å². The van der Waals surface area contributed by atoms with Gasteiger partial charge in [0.1, 0.15) is 0 Å². The summed E-state index contributed by atoms with van der Waals surface area (Å²) in [5, 5.41) is 3.10. The van der Waals surface area contributed by atoms with Gasteiger partial charge in [0.05, 0.1) is 5.75 Å². The van der Waals surface area contributed by atoms with Gasteiger partial charge in [-0.3, -0.25) is 0 Å². The van der Waals surface area contributed by atoms with Crippen LogP contribution in [0.3, 0.4) is 0 Å². The van der Waals surface area contributed by atoms with Crippen molar-refractivity contribution in [2.24, 2.45) is 0 Å². The molecule has 0 bridgehead atoms. The molecule has 60 valence electrons. The number of hydrogen-bond acceptors (Lipinski definition) is 3. The van der Waals surface area contributed by atoms with Crippen LogP contribution in [0.5, 0.6) is 0 Å². The molecule has 0 aromatic rings. The third-order valence-corrected chi connectivity index (χ3v) is 2.86. The summed E-state index contributed by atoms with van der Waals surface area (Å²) in [6, 6.07) is 0. The third-order valence-electron chi connectivity index (χ3n) is 1.39. The van der Waals surface area contributed by atoms with Crippen molar-refractivity contribution in [3.8, 4) is 0 Å². The van der Waals surface area contributed by atoms with Gasteiger partial charge in [-0.15, -0.1) is 0 Å². The fourth-order valence-corrected chi connectivity index (χ4v) is 1.96. The number of nitrogens with one attached hydrogen (secondary N) is 2. The van der Waals surface area contributed by atoms with E-state index in [9.17, 15) is 8.42 Å². The summed E-state index contributed by atoms with van der Waals surface area (Å²) in [4.78, 5) is 0. The van der Waals surface area contributed by atoms with Crippen LogP contribution < -0.4 is 10.0 Å². The molecule has 1 aliphatic rings. The van der Waals surface area contributed by atoms with E-state index in [2.05, 4.69) is 10.0 Å². The van der Waals surface area contributed by atoms with Crippen molar-refractivity contribution in [1.82, 2.24) is 10.0 Å². The lowest BCUT2D eigenvalue weighted by Gasteiger charge is -2.11. The largest absolute Gasteiger partial charge is 0.315 e. The zero-order valence-electron chi connectivity index (χ0n) is 5.76. The molecule has 0 atom stereocenters. The summed E-state index contributed by atoms with van der Waals surface area (Å²) in [5.41, 5.74) is 0. The first-order chi connectivity index (χ1) is 4.71. The Morgan fingerprint density at radius 1 is 1.10 bits per heavy atom. The average Bonchev–Trinajstić information content (AvgIpc) is 1.81. The predicted octanol–water partition coefficient (Wildman–Crippen LogP) is -1.10. The predicted molar refractivity (Wildman–Crippen MR) is 39.3 cm³/mol. The molecule has 0 radical (unpaired) electrons. The second kappa shape index (κ2) is 3.32. The summed E-state index contributed by atoms with van der Waals surface area (Å²) in [6.07, 6.45) is 0.704. The van der Waals surface area contributed by atoms with Gasteiger partial charge in [0.25, 0.3) is 0 Å². The molecule has 4 nitrogen and oxygen atoms in total.